The Kier molecular flexibility index (Phi) is 17.7. The maximum atomic E-state index is 14.3. The maximum absolute atomic E-state index is 14.3. The molecule has 0 fully saturated rings. The van der Waals surface area contributed by atoms with Crippen LogP contribution in [0.1, 0.15) is 19.4 Å². The van der Waals surface area contributed by atoms with Crippen molar-refractivity contribution in [2.75, 3.05) is 34.8 Å². The monoisotopic (exact) mass is 897 g/mol. The number of benzene rings is 2. The molecule has 15 nitrogen and oxygen atoms in total. The zero-order valence-electron chi connectivity index (χ0n) is 28.5. The maximum Gasteiger partial charge on any atom is 0.337 e. The molecule has 0 saturated heterocycles. The molecule has 302 valence electrons. The van der Waals surface area contributed by atoms with Crippen molar-refractivity contribution in [2.24, 2.45) is 14.1 Å². The van der Waals surface area contributed by atoms with Crippen molar-refractivity contribution in [3.63, 3.8) is 0 Å². The van der Waals surface area contributed by atoms with E-state index >= 15 is 0 Å². The van der Waals surface area contributed by atoms with Crippen molar-refractivity contribution < 1.29 is 52.0 Å². The second-order valence-electron chi connectivity index (χ2n) is 9.92. The molecule has 2 heterocycles. The lowest BCUT2D eigenvalue weighted by Gasteiger charge is -2.13. The van der Waals surface area contributed by atoms with E-state index in [0.29, 0.717) is 36.5 Å². The molecular formula is C29H28BrF8N7O8S2. The van der Waals surface area contributed by atoms with Gasteiger partial charge in [0.15, 0.2) is 0 Å². The molecule has 0 bridgehead atoms. The molecule has 0 spiro atoms. The SMILES string of the molecule is CCS(=O)(=O)Nc1cc(-n2c(=O)cc(F)n(C)c2=O)c(F)cc1Br.CCS(=O)(=O)Nc1cc(-n2c(=O)cc(F)n(C)c2=O)c(F)cc1C#N.FCF.FCF. The fourth-order valence-corrected chi connectivity index (χ4v) is 5.66. The summed E-state index contributed by atoms with van der Waals surface area (Å²) in [6, 6.07) is 6.02. The van der Waals surface area contributed by atoms with Crippen LogP contribution in [0.2, 0.25) is 0 Å². The van der Waals surface area contributed by atoms with Crippen molar-refractivity contribution in [3.8, 4) is 17.4 Å². The topological polar surface area (TPSA) is 204 Å². The van der Waals surface area contributed by atoms with Crippen LogP contribution in [0.15, 0.2) is 60.0 Å². The molecule has 4 rings (SSSR count). The molecule has 2 aromatic heterocycles. The molecule has 0 saturated carbocycles. The Balaban J connectivity index is 0.000000481. The summed E-state index contributed by atoms with van der Waals surface area (Å²) in [7, 11) is -5.37. The number of nitrogens with one attached hydrogen (secondary N) is 2. The van der Waals surface area contributed by atoms with Crippen molar-refractivity contribution in [3.05, 3.63) is 112 Å². The third-order valence-corrected chi connectivity index (χ3v) is 9.78. The number of aromatic nitrogens is 4. The van der Waals surface area contributed by atoms with Crippen LogP contribution in [0.5, 0.6) is 0 Å². The van der Waals surface area contributed by atoms with Crippen LogP contribution < -0.4 is 31.9 Å². The highest BCUT2D eigenvalue weighted by Crippen LogP contribution is 2.28. The van der Waals surface area contributed by atoms with Gasteiger partial charge in [0.1, 0.15) is 17.7 Å². The molecule has 4 aromatic rings. The summed E-state index contributed by atoms with van der Waals surface area (Å²) in [4.78, 5) is 48.0. The van der Waals surface area contributed by atoms with E-state index in [9.17, 15) is 71.1 Å². The number of rotatable bonds is 8. The largest absolute Gasteiger partial charge is 0.337 e. The number of hydrogen-bond donors (Lipinski definition) is 2. The van der Waals surface area contributed by atoms with Gasteiger partial charge in [-0.05, 0) is 54.0 Å². The summed E-state index contributed by atoms with van der Waals surface area (Å²) in [5, 5.41) is 9.03. The van der Waals surface area contributed by atoms with Crippen LogP contribution in [-0.4, -0.2) is 60.5 Å². The van der Waals surface area contributed by atoms with Gasteiger partial charge in [0, 0.05) is 18.6 Å². The molecule has 0 atom stereocenters. The lowest BCUT2D eigenvalue weighted by molar-refractivity contribution is 0.295. The van der Waals surface area contributed by atoms with E-state index in [1.807, 2.05) is 0 Å². The van der Waals surface area contributed by atoms with Crippen LogP contribution in [0.25, 0.3) is 11.4 Å². The van der Waals surface area contributed by atoms with Gasteiger partial charge in [-0.25, -0.2) is 61.9 Å². The molecule has 0 aliphatic rings. The van der Waals surface area contributed by atoms with Gasteiger partial charge in [-0.2, -0.15) is 14.0 Å². The summed E-state index contributed by atoms with van der Waals surface area (Å²) < 4.78 is 147. The quantitative estimate of drug-likeness (QED) is 0.196. The fraction of sp³-hybridized carbons (Fsp3) is 0.276. The first-order valence-corrected chi connectivity index (χ1v) is 18.6. The first-order valence-electron chi connectivity index (χ1n) is 14.5. The van der Waals surface area contributed by atoms with E-state index < -0.39 is 91.3 Å². The molecule has 2 aromatic carbocycles. The van der Waals surface area contributed by atoms with Crippen LogP contribution in [0.3, 0.4) is 0 Å². The lowest BCUT2D eigenvalue weighted by atomic mass is 10.1. The van der Waals surface area contributed by atoms with Gasteiger partial charge in [0.25, 0.3) is 11.1 Å². The van der Waals surface area contributed by atoms with Crippen LogP contribution in [-0.2, 0) is 34.1 Å². The Morgan fingerprint density at radius 2 is 1.00 bits per heavy atom. The minimum Gasteiger partial charge on any atom is -0.282 e. The highest BCUT2D eigenvalue weighted by atomic mass is 79.9. The van der Waals surface area contributed by atoms with Gasteiger partial charge in [-0.1, -0.05) is 0 Å². The summed E-state index contributed by atoms with van der Waals surface area (Å²) in [5.41, 5.74) is -6.33. The molecule has 2 N–H and O–H groups in total. The van der Waals surface area contributed by atoms with Gasteiger partial charge >= 0.3 is 11.4 Å². The third kappa shape index (κ3) is 12.4. The van der Waals surface area contributed by atoms with Crippen molar-refractivity contribution in [2.45, 2.75) is 13.8 Å². The fourth-order valence-electron chi connectivity index (χ4n) is 3.82. The minimum absolute atomic E-state index is 0.0634. The van der Waals surface area contributed by atoms with E-state index in [1.165, 1.54) is 13.8 Å². The van der Waals surface area contributed by atoms with E-state index in [1.54, 1.807) is 6.07 Å². The predicted molar refractivity (Wildman–Crippen MR) is 187 cm³/mol. The molecule has 0 aliphatic carbocycles. The first-order chi connectivity index (χ1) is 25.5. The van der Waals surface area contributed by atoms with Crippen LogP contribution >= 0.6 is 15.9 Å². The first kappa shape index (κ1) is 47.7. The Hall–Kier alpha value is -5.29. The molecule has 0 radical (unpaired) electrons. The van der Waals surface area contributed by atoms with E-state index in [-0.39, 0.29) is 32.9 Å². The predicted octanol–water partition coefficient (Wildman–Crippen LogP) is 3.55. The molecule has 0 aliphatic heterocycles. The Bertz CT molecular complexity index is 2540. The zero-order valence-corrected chi connectivity index (χ0v) is 31.7. The van der Waals surface area contributed by atoms with Gasteiger partial charge in [-0.3, -0.25) is 28.2 Å². The standard InChI is InChI=1S/C14H12F2N4O4S.C13H12BrF2N3O4S.2CH2F2/c1-3-25(23,24)18-10-5-11(9(15)4-8(10)7-17)20-13(21)6-12(16)19(2)14(20)22;1-3-24(22,23)17-9-5-10(8(15)4-7(9)14)19-12(20)6-11(16)18(2)13(19)21;2*2-1-3/h4-6,18H,3H2,1-2H3;4-6,17H,3H2,1-2H3;2*1H2. The smallest absolute Gasteiger partial charge is 0.282 e. The average Bonchev–Trinajstić information content (AvgIpc) is 3.10. The Morgan fingerprint density at radius 3 is 1.36 bits per heavy atom. The molecule has 26 heteroatoms. The average molecular weight is 899 g/mol. The van der Waals surface area contributed by atoms with Crippen molar-refractivity contribution in [1.29, 1.82) is 5.26 Å². The zero-order chi connectivity index (χ0) is 42.6. The molecule has 0 unspecified atom stereocenters. The minimum atomic E-state index is -3.81. The molecule has 0 amide bonds. The number of sulfonamides is 2. The van der Waals surface area contributed by atoms with E-state index in [0.717, 1.165) is 32.3 Å². The summed E-state index contributed by atoms with van der Waals surface area (Å²) in [5.74, 6) is -4.83. The number of halogens is 9. The van der Waals surface area contributed by atoms with Gasteiger partial charge < -0.3 is 0 Å². The highest BCUT2D eigenvalue weighted by molar-refractivity contribution is 9.10. The second kappa shape index (κ2) is 20.4. The molecular weight excluding hydrogens is 870 g/mol. The Labute approximate surface area is 313 Å². The third-order valence-electron chi connectivity index (χ3n) is 6.54. The van der Waals surface area contributed by atoms with Crippen LogP contribution in [0, 0.1) is 34.9 Å². The van der Waals surface area contributed by atoms with Crippen LogP contribution in [0.4, 0.5) is 46.5 Å². The number of hydrogen-bond acceptors (Lipinski definition) is 9. The summed E-state index contributed by atoms with van der Waals surface area (Å²) in [6.07, 6.45) is 0. The normalized spacial score (nSPS) is 10.8. The number of alkyl halides is 4. The Morgan fingerprint density at radius 1 is 0.655 bits per heavy atom. The summed E-state index contributed by atoms with van der Waals surface area (Å²) >= 11 is 3.00. The van der Waals surface area contributed by atoms with Crippen molar-refractivity contribution >= 4 is 47.4 Å². The summed E-state index contributed by atoms with van der Waals surface area (Å²) in [6.45, 7) is -0.750. The number of nitriles is 1. The number of nitrogens with zero attached hydrogens (tertiary/aromatic N) is 5. The lowest BCUT2D eigenvalue weighted by Crippen LogP contribution is -2.39. The van der Waals surface area contributed by atoms with Gasteiger partial charge in [-0.15, -0.1) is 0 Å². The van der Waals surface area contributed by atoms with E-state index in [2.05, 4.69) is 25.4 Å². The second-order valence-corrected chi connectivity index (χ2v) is 14.8. The van der Waals surface area contributed by atoms with Crippen molar-refractivity contribution in [1.82, 2.24) is 18.3 Å². The number of anilines is 2. The van der Waals surface area contributed by atoms with E-state index in [4.69, 9.17) is 5.26 Å². The highest BCUT2D eigenvalue weighted by Gasteiger charge is 2.20. The van der Waals surface area contributed by atoms with Gasteiger partial charge in [0.05, 0.1) is 52.0 Å². The molecule has 55 heavy (non-hydrogen) atoms. The van der Waals surface area contributed by atoms with Gasteiger partial charge in [0.2, 0.25) is 45.8 Å².